The minimum absolute atomic E-state index is 0.00914. The van der Waals surface area contributed by atoms with Gasteiger partial charge in [0.25, 0.3) is 5.91 Å². The number of aliphatic hydroxyl groups excluding tert-OH is 1. The van der Waals surface area contributed by atoms with E-state index in [0.717, 1.165) is 11.3 Å². The number of benzene rings is 1. The predicted octanol–water partition coefficient (Wildman–Crippen LogP) is 1.67. The Balaban J connectivity index is 1.84. The normalized spacial score (nSPS) is 16.5. The highest BCUT2D eigenvalue weighted by Crippen LogP contribution is 2.17. The molecule has 19 heavy (non-hydrogen) atoms. The van der Waals surface area contributed by atoms with Crippen LogP contribution in [-0.4, -0.2) is 41.7 Å². The Bertz CT molecular complexity index is 451. The summed E-state index contributed by atoms with van der Waals surface area (Å²) in [6, 6.07) is 5.82. The van der Waals surface area contributed by atoms with Crippen molar-refractivity contribution in [3.05, 3.63) is 29.3 Å². The van der Waals surface area contributed by atoms with E-state index in [1.54, 1.807) is 4.90 Å². The van der Waals surface area contributed by atoms with E-state index < -0.39 is 0 Å². The lowest BCUT2D eigenvalue weighted by Crippen LogP contribution is -2.42. The van der Waals surface area contributed by atoms with Crippen molar-refractivity contribution in [1.82, 2.24) is 4.90 Å². The first-order valence-electron chi connectivity index (χ1n) is 6.72. The quantitative estimate of drug-likeness (QED) is 0.902. The molecule has 1 aromatic rings. The molecule has 0 atom stereocenters. The lowest BCUT2D eigenvalue weighted by Gasteiger charge is -2.29. The third-order valence-electron chi connectivity index (χ3n) is 3.66. The molecule has 1 heterocycles. The van der Waals surface area contributed by atoms with Crippen LogP contribution < -0.4 is 4.74 Å². The van der Waals surface area contributed by atoms with Crippen molar-refractivity contribution in [2.24, 2.45) is 0 Å². The molecule has 0 bridgehead atoms. The number of carbonyl (C=O) groups excluding carboxylic acids is 1. The molecule has 1 aliphatic heterocycles. The van der Waals surface area contributed by atoms with Gasteiger partial charge in [-0.25, -0.2) is 0 Å². The zero-order valence-corrected chi connectivity index (χ0v) is 11.6. The van der Waals surface area contributed by atoms with Crippen molar-refractivity contribution in [1.29, 1.82) is 0 Å². The fraction of sp³-hybridized carbons (Fsp3) is 0.533. The maximum absolute atomic E-state index is 11.9. The van der Waals surface area contributed by atoms with E-state index >= 15 is 0 Å². The topological polar surface area (TPSA) is 49.8 Å². The number of amides is 1. The van der Waals surface area contributed by atoms with E-state index in [1.165, 1.54) is 5.56 Å². The van der Waals surface area contributed by atoms with Gasteiger partial charge < -0.3 is 14.7 Å². The molecule has 1 aromatic carbocycles. The number of piperidine rings is 1. The molecule has 2 rings (SSSR count). The summed E-state index contributed by atoms with van der Waals surface area (Å²) >= 11 is 0. The summed E-state index contributed by atoms with van der Waals surface area (Å²) in [5.74, 6) is 0.721. The van der Waals surface area contributed by atoms with Gasteiger partial charge in [0.2, 0.25) is 0 Å². The molecular formula is C15H21NO3. The first kappa shape index (κ1) is 13.9. The van der Waals surface area contributed by atoms with Crippen LogP contribution in [0.4, 0.5) is 0 Å². The summed E-state index contributed by atoms with van der Waals surface area (Å²) < 4.78 is 5.53. The maximum atomic E-state index is 11.9. The minimum Gasteiger partial charge on any atom is -0.484 e. The Morgan fingerprint density at radius 1 is 1.32 bits per heavy atom. The Hall–Kier alpha value is -1.55. The summed E-state index contributed by atoms with van der Waals surface area (Å²) in [6.07, 6.45) is 1.06. The van der Waals surface area contributed by atoms with E-state index in [0.29, 0.717) is 25.9 Å². The predicted molar refractivity (Wildman–Crippen MR) is 73.2 cm³/mol. The second-order valence-corrected chi connectivity index (χ2v) is 5.15. The number of likely N-dealkylation sites (tertiary alicyclic amines) is 1. The highest BCUT2D eigenvalue weighted by atomic mass is 16.5. The smallest absolute Gasteiger partial charge is 0.260 e. The molecule has 1 aliphatic rings. The molecule has 4 nitrogen and oxygen atoms in total. The summed E-state index contributed by atoms with van der Waals surface area (Å²) in [7, 11) is 0. The number of rotatable bonds is 3. The summed E-state index contributed by atoms with van der Waals surface area (Å²) in [4.78, 5) is 13.7. The number of ether oxygens (including phenoxy) is 1. The fourth-order valence-corrected chi connectivity index (χ4v) is 2.16. The van der Waals surface area contributed by atoms with Gasteiger partial charge in [0.05, 0.1) is 6.10 Å². The van der Waals surface area contributed by atoms with E-state index in [1.807, 2.05) is 32.0 Å². The summed E-state index contributed by atoms with van der Waals surface area (Å²) in [6.45, 7) is 5.38. The molecule has 1 amide bonds. The Morgan fingerprint density at radius 2 is 2.00 bits per heavy atom. The highest BCUT2D eigenvalue weighted by molar-refractivity contribution is 5.77. The van der Waals surface area contributed by atoms with Crippen LogP contribution in [0.5, 0.6) is 5.75 Å². The number of aryl methyl sites for hydroxylation is 2. The van der Waals surface area contributed by atoms with Gasteiger partial charge in [-0.2, -0.15) is 0 Å². The average molecular weight is 263 g/mol. The molecule has 0 radical (unpaired) electrons. The maximum Gasteiger partial charge on any atom is 0.260 e. The summed E-state index contributed by atoms with van der Waals surface area (Å²) in [5, 5.41) is 9.40. The van der Waals surface area contributed by atoms with Gasteiger partial charge in [0.1, 0.15) is 5.75 Å². The lowest BCUT2D eigenvalue weighted by molar-refractivity contribution is -0.135. The first-order chi connectivity index (χ1) is 9.06. The van der Waals surface area contributed by atoms with Gasteiger partial charge in [0, 0.05) is 13.1 Å². The van der Waals surface area contributed by atoms with Crippen LogP contribution in [0.1, 0.15) is 24.0 Å². The standard InChI is InChI=1S/C15H21NO3/c1-11-3-4-14(9-12(11)2)19-10-15(18)16-7-5-13(17)6-8-16/h3-4,9,13,17H,5-8,10H2,1-2H3. The zero-order chi connectivity index (χ0) is 13.8. The van der Waals surface area contributed by atoms with E-state index in [2.05, 4.69) is 0 Å². The zero-order valence-electron chi connectivity index (χ0n) is 11.6. The van der Waals surface area contributed by atoms with Crippen molar-refractivity contribution < 1.29 is 14.6 Å². The molecule has 4 heteroatoms. The largest absolute Gasteiger partial charge is 0.484 e. The molecule has 0 aromatic heterocycles. The van der Waals surface area contributed by atoms with E-state index in [9.17, 15) is 9.90 Å². The van der Waals surface area contributed by atoms with Crippen molar-refractivity contribution in [2.45, 2.75) is 32.8 Å². The first-order valence-corrected chi connectivity index (χ1v) is 6.72. The lowest BCUT2D eigenvalue weighted by atomic mass is 10.1. The van der Waals surface area contributed by atoms with Crippen LogP contribution in [0, 0.1) is 13.8 Å². The van der Waals surface area contributed by atoms with Crippen LogP contribution in [0.15, 0.2) is 18.2 Å². The Labute approximate surface area is 114 Å². The second kappa shape index (κ2) is 6.06. The van der Waals surface area contributed by atoms with Crippen LogP contribution in [0.2, 0.25) is 0 Å². The molecule has 1 N–H and O–H groups in total. The Morgan fingerprint density at radius 3 is 2.63 bits per heavy atom. The van der Waals surface area contributed by atoms with Gasteiger partial charge in [-0.3, -0.25) is 4.79 Å². The number of hydrogen-bond donors (Lipinski definition) is 1. The molecule has 0 saturated carbocycles. The van der Waals surface area contributed by atoms with Gasteiger partial charge in [-0.15, -0.1) is 0 Å². The second-order valence-electron chi connectivity index (χ2n) is 5.15. The third-order valence-corrected chi connectivity index (χ3v) is 3.66. The molecule has 1 saturated heterocycles. The van der Waals surface area contributed by atoms with E-state index in [-0.39, 0.29) is 18.6 Å². The van der Waals surface area contributed by atoms with Crippen molar-refractivity contribution in [3.8, 4) is 5.75 Å². The van der Waals surface area contributed by atoms with Gasteiger partial charge in [0.15, 0.2) is 6.61 Å². The van der Waals surface area contributed by atoms with Crippen LogP contribution in [0.3, 0.4) is 0 Å². The molecule has 1 fully saturated rings. The number of nitrogens with zero attached hydrogens (tertiary/aromatic N) is 1. The van der Waals surface area contributed by atoms with E-state index in [4.69, 9.17) is 4.74 Å². The summed E-state index contributed by atoms with van der Waals surface area (Å²) in [5.41, 5.74) is 2.37. The minimum atomic E-state index is -0.260. The van der Waals surface area contributed by atoms with Gasteiger partial charge in [-0.05, 0) is 49.9 Å². The van der Waals surface area contributed by atoms with Crippen molar-refractivity contribution in [3.63, 3.8) is 0 Å². The van der Waals surface area contributed by atoms with Crippen molar-refractivity contribution >= 4 is 5.91 Å². The average Bonchev–Trinajstić information content (AvgIpc) is 2.40. The van der Waals surface area contributed by atoms with Crippen LogP contribution in [-0.2, 0) is 4.79 Å². The monoisotopic (exact) mass is 263 g/mol. The van der Waals surface area contributed by atoms with Crippen LogP contribution in [0.25, 0.3) is 0 Å². The number of aliphatic hydroxyl groups is 1. The van der Waals surface area contributed by atoms with Gasteiger partial charge >= 0.3 is 0 Å². The molecule has 0 aliphatic carbocycles. The highest BCUT2D eigenvalue weighted by Gasteiger charge is 2.21. The number of hydrogen-bond acceptors (Lipinski definition) is 3. The number of carbonyl (C=O) groups is 1. The molecule has 0 unspecified atom stereocenters. The molecular weight excluding hydrogens is 242 g/mol. The third kappa shape index (κ3) is 3.70. The fourth-order valence-electron chi connectivity index (χ4n) is 2.16. The SMILES string of the molecule is Cc1ccc(OCC(=O)N2CCC(O)CC2)cc1C. The molecule has 104 valence electrons. The van der Waals surface area contributed by atoms with Gasteiger partial charge in [-0.1, -0.05) is 6.07 Å². The Kier molecular flexibility index (Phi) is 4.43. The van der Waals surface area contributed by atoms with Crippen molar-refractivity contribution in [2.75, 3.05) is 19.7 Å². The molecule has 0 spiro atoms. The van der Waals surface area contributed by atoms with Crippen LogP contribution >= 0.6 is 0 Å².